The lowest BCUT2D eigenvalue weighted by Crippen LogP contribution is -2.45. The number of likely N-dealkylation sites (N-methyl/N-ethyl adjacent to an activating group) is 1. The Balaban J connectivity index is 0.000000336. The second-order valence-corrected chi connectivity index (χ2v) is 11.3. The Morgan fingerprint density at radius 1 is 1.24 bits per heavy atom. The predicted molar refractivity (Wildman–Crippen MR) is 145 cm³/mol. The van der Waals surface area contributed by atoms with Crippen molar-refractivity contribution < 1.29 is 14.7 Å². The molecule has 10 heteroatoms. The SMILES string of the molecule is CN(c1ccc(C(C)(C)C)cc1)C(C(=O)NC1CCCCC1)c1nncn1C.N#CN1CC(O)CC1C=O. The molecule has 3 atom stereocenters. The van der Waals surface area contributed by atoms with Crippen LogP contribution >= 0.6 is 0 Å². The van der Waals surface area contributed by atoms with E-state index in [9.17, 15) is 9.59 Å². The van der Waals surface area contributed by atoms with Crippen LogP contribution in [0.15, 0.2) is 30.6 Å². The number of hydrogen-bond acceptors (Lipinski definition) is 8. The summed E-state index contributed by atoms with van der Waals surface area (Å²) in [7, 11) is 3.83. The Hall–Kier alpha value is -3.45. The first-order valence-electron chi connectivity index (χ1n) is 13.3. The van der Waals surface area contributed by atoms with Gasteiger partial charge in [-0.1, -0.05) is 52.2 Å². The molecule has 1 aliphatic heterocycles. The predicted octanol–water partition coefficient (Wildman–Crippen LogP) is 2.84. The summed E-state index contributed by atoms with van der Waals surface area (Å²) in [5.74, 6) is 0.640. The quantitative estimate of drug-likeness (QED) is 0.437. The fourth-order valence-corrected chi connectivity index (χ4v) is 4.97. The molecule has 3 unspecified atom stereocenters. The van der Waals surface area contributed by atoms with E-state index in [1.807, 2.05) is 29.8 Å². The van der Waals surface area contributed by atoms with Crippen LogP contribution in [0.3, 0.4) is 0 Å². The van der Waals surface area contributed by atoms with Crippen LogP contribution in [0.4, 0.5) is 5.69 Å². The van der Waals surface area contributed by atoms with Crippen LogP contribution in [-0.2, 0) is 22.1 Å². The van der Waals surface area contributed by atoms with Crippen molar-refractivity contribution >= 4 is 17.9 Å². The normalized spacial score (nSPS) is 20.6. The second kappa shape index (κ2) is 12.9. The van der Waals surface area contributed by atoms with E-state index in [4.69, 9.17) is 10.4 Å². The minimum atomic E-state index is -0.519. The van der Waals surface area contributed by atoms with Gasteiger partial charge in [0.15, 0.2) is 18.1 Å². The number of benzene rings is 1. The van der Waals surface area contributed by atoms with Gasteiger partial charge in [0.2, 0.25) is 0 Å². The average molecular weight is 524 g/mol. The second-order valence-electron chi connectivity index (χ2n) is 11.3. The zero-order chi connectivity index (χ0) is 27.9. The third-order valence-corrected chi connectivity index (χ3v) is 7.33. The van der Waals surface area contributed by atoms with Crippen LogP contribution in [-0.4, -0.2) is 68.7 Å². The topological polar surface area (TPSA) is 127 Å². The number of hydrogen-bond donors (Lipinski definition) is 2. The van der Waals surface area contributed by atoms with Gasteiger partial charge in [0.25, 0.3) is 5.91 Å². The number of β-amino-alcohol motifs (C(OH)–C–C–N with tert-alkyl or cyclic N) is 1. The van der Waals surface area contributed by atoms with Crippen molar-refractivity contribution in [2.75, 3.05) is 18.5 Å². The van der Waals surface area contributed by atoms with Crippen LogP contribution < -0.4 is 10.2 Å². The molecule has 0 bridgehead atoms. The number of likely N-dealkylation sites (tertiary alicyclic amines) is 1. The number of aliphatic hydroxyl groups is 1. The molecule has 0 spiro atoms. The van der Waals surface area contributed by atoms with Crippen molar-refractivity contribution in [3.63, 3.8) is 0 Å². The molecule has 2 N–H and O–H groups in total. The molecule has 206 valence electrons. The van der Waals surface area contributed by atoms with E-state index in [1.54, 1.807) is 6.33 Å². The highest BCUT2D eigenvalue weighted by molar-refractivity contribution is 5.86. The highest BCUT2D eigenvalue weighted by Crippen LogP contribution is 2.29. The first-order valence-corrected chi connectivity index (χ1v) is 13.3. The van der Waals surface area contributed by atoms with Crippen molar-refractivity contribution in [3.05, 3.63) is 42.0 Å². The summed E-state index contributed by atoms with van der Waals surface area (Å²) in [5, 5.41) is 28.9. The number of rotatable bonds is 6. The average Bonchev–Trinajstić information content (AvgIpc) is 3.49. The number of anilines is 1. The largest absolute Gasteiger partial charge is 0.391 e. The molecule has 2 aromatic rings. The minimum absolute atomic E-state index is 0.00889. The summed E-state index contributed by atoms with van der Waals surface area (Å²) in [6, 6.07) is 7.77. The van der Waals surface area contributed by atoms with E-state index in [1.165, 1.54) is 29.7 Å². The molecule has 1 aliphatic carbocycles. The van der Waals surface area contributed by atoms with Crippen molar-refractivity contribution in [3.8, 4) is 6.19 Å². The summed E-state index contributed by atoms with van der Waals surface area (Å²) < 4.78 is 1.82. The summed E-state index contributed by atoms with van der Waals surface area (Å²) in [4.78, 5) is 26.8. The molecular formula is C28H41N7O3. The van der Waals surface area contributed by atoms with Crippen molar-refractivity contribution in [2.45, 2.75) is 88.9 Å². The van der Waals surface area contributed by atoms with E-state index in [2.05, 4.69) is 60.6 Å². The van der Waals surface area contributed by atoms with E-state index >= 15 is 0 Å². The van der Waals surface area contributed by atoms with Gasteiger partial charge in [0.05, 0.1) is 18.7 Å². The fourth-order valence-electron chi connectivity index (χ4n) is 4.97. The molecule has 1 saturated carbocycles. The molecule has 1 saturated heterocycles. The lowest BCUT2D eigenvalue weighted by Gasteiger charge is -2.31. The maximum atomic E-state index is 13.3. The van der Waals surface area contributed by atoms with Gasteiger partial charge in [-0.25, -0.2) is 0 Å². The zero-order valence-corrected chi connectivity index (χ0v) is 23.2. The Morgan fingerprint density at radius 3 is 2.39 bits per heavy atom. The van der Waals surface area contributed by atoms with Crippen molar-refractivity contribution in [2.24, 2.45) is 7.05 Å². The van der Waals surface area contributed by atoms with Gasteiger partial charge < -0.3 is 24.7 Å². The third-order valence-electron chi connectivity index (χ3n) is 7.33. The smallest absolute Gasteiger partial charge is 0.250 e. The molecule has 1 aromatic heterocycles. The molecule has 2 heterocycles. The number of aromatic nitrogens is 3. The molecule has 4 rings (SSSR count). The zero-order valence-electron chi connectivity index (χ0n) is 23.2. The number of carbonyl (C=O) groups is 2. The number of nitrogens with zero attached hydrogens (tertiary/aromatic N) is 6. The summed E-state index contributed by atoms with van der Waals surface area (Å²) in [6.45, 7) is 6.89. The lowest BCUT2D eigenvalue weighted by atomic mass is 9.87. The monoisotopic (exact) mass is 523 g/mol. The maximum absolute atomic E-state index is 13.3. The standard InChI is InChI=1S/C22H33N5O.C6H8N2O2/c1-22(2,3)16-11-13-18(14-12-16)27(5)19(20-25-23-15-26(20)4)21(28)24-17-9-7-6-8-10-17;7-4-8-2-6(10)1-5(8)3-9/h11-15,17,19H,6-10H2,1-5H3,(H,24,28);3,5-6,10H,1-2H2. The summed E-state index contributed by atoms with van der Waals surface area (Å²) in [6.07, 6.45) is 9.79. The van der Waals surface area contributed by atoms with Gasteiger partial charge in [0, 0.05) is 32.2 Å². The highest BCUT2D eigenvalue weighted by Gasteiger charge is 2.32. The Morgan fingerprint density at radius 2 is 1.89 bits per heavy atom. The Kier molecular flexibility index (Phi) is 9.86. The Labute approximate surface area is 225 Å². The Bertz CT molecular complexity index is 1100. The number of carbonyl (C=O) groups excluding carboxylic acids is 2. The van der Waals surface area contributed by atoms with Crippen LogP contribution in [0.2, 0.25) is 0 Å². The van der Waals surface area contributed by atoms with Gasteiger partial charge in [-0.3, -0.25) is 9.69 Å². The molecule has 38 heavy (non-hydrogen) atoms. The maximum Gasteiger partial charge on any atom is 0.250 e. The van der Waals surface area contributed by atoms with Gasteiger partial charge in [-0.2, -0.15) is 5.26 Å². The first kappa shape index (κ1) is 29.1. The molecule has 10 nitrogen and oxygen atoms in total. The number of aryl methyl sites for hydroxylation is 1. The third kappa shape index (κ3) is 7.32. The van der Waals surface area contributed by atoms with E-state index in [-0.39, 0.29) is 17.4 Å². The number of nitriles is 1. The van der Waals surface area contributed by atoms with E-state index in [0.717, 1.165) is 18.5 Å². The van der Waals surface area contributed by atoms with Crippen molar-refractivity contribution in [1.82, 2.24) is 25.0 Å². The number of aliphatic hydroxyl groups excluding tert-OH is 1. The lowest BCUT2D eigenvalue weighted by molar-refractivity contribution is -0.123. The molecular weight excluding hydrogens is 482 g/mol. The minimum Gasteiger partial charge on any atom is -0.391 e. The summed E-state index contributed by atoms with van der Waals surface area (Å²) >= 11 is 0. The van der Waals surface area contributed by atoms with Gasteiger partial charge in [-0.15, -0.1) is 10.2 Å². The number of amides is 1. The van der Waals surface area contributed by atoms with Gasteiger partial charge >= 0.3 is 0 Å². The molecule has 1 aromatic carbocycles. The molecule has 2 fully saturated rings. The first-order chi connectivity index (χ1) is 18.0. The van der Waals surface area contributed by atoms with Crippen LogP contribution in [0, 0.1) is 11.5 Å². The van der Waals surface area contributed by atoms with Crippen LogP contribution in [0.5, 0.6) is 0 Å². The fraction of sp³-hybridized carbons (Fsp3) is 0.607. The number of nitrogens with one attached hydrogen (secondary N) is 1. The van der Waals surface area contributed by atoms with Crippen molar-refractivity contribution in [1.29, 1.82) is 5.26 Å². The summed E-state index contributed by atoms with van der Waals surface area (Å²) in [5.41, 5.74) is 2.35. The molecule has 2 aliphatic rings. The van der Waals surface area contributed by atoms with Crippen LogP contribution in [0.1, 0.15) is 76.7 Å². The molecule has 0 radical (unpaired) electrons. The van der Waals surface area contributed by atoms with E-state index in [0.29, 0.717) is 25.1 Å². The van der Waals surface area contributed by atoms with Gasteiger partial charge in [0.1, 0.15) is 12.6 Å². The van der Waals surface area contributed by atoms with Crippen LogP contribution in [0.25, 0.3) is 0 Å². The van der Waals surface area contributed by atoms with Gasteiger partial charge in [-0.05, 0) is 36.0 Å². The molecule has 1 amide bonds. The highest BCUT2D eigenvalue weighted by atomic mass is 16.3. The number of aldehydes is 1. The van der Waals surface area contributed by atoms with E-state index < -0.39 is 18.2 Å².